The van der Waals surface area contributed by atoms with Gasteiger partial charge in [0.25, 0.3) is 5.91 Å². The normalized spacial score (nSPS) is 15.7. The Balaban J connectivity index is 1.44. The first-order valence-electron chi connectivity index (χ1n) is 9.29. The summed E-state index contributed by atoms with van der Waals surface area (Å²) in [6.45, 7) is 1.31. The summed E-state index contributed by atoms with van der Waals surface area (Å²) in [5.41, 5.74) is -0.586. The van der Waals surface area contributed by atoms with Crippen molar-refractivity contribution in [2.75, 3.05) is 13.1 Å². The van der Waals surface area contributed by atoms with E-state index >= 15 is 0 Å². The summed E-state index contributed by atoms with van der Waals surface area (Å²) >= 11 is 1.18. The van der Waals surface area contributed by atoms with Crippen molar-refractivity contribution >= 4 is 17.2 Å². The summed E-state index contributed by atoms with van der Waals surface area (Å²) < 4.78 is 42.0. The fraction of sp³-hybridized carbons (Fsp3) is 0.350. The number of carbonyl (C=O) groups is 1. The van der Waals surface area contributed by atoms with E-state index < -0.39 is 11.9 Å². The second-order valence-electron chi connectivity index (χ2n) is 7.05. The number of nitrogens with zero attached hydrogens (tertiary/aromatic N) is 4. The number of aromatic nitrogens is 3. The van der Waals surface area contributed by atoms with Gasteiger partial charge in [0.1, 0.15) is 11.4 Å². The quantitative estimate of drug-likeness (QED) is 0.602. The molecule has 0 spiro atoms. The van der Waals surface area contributed by atoms with E-state index in [0.717, 1.165) is 23.6 Å². The van der Waals surface area contributed by atoms with Gasteiger partial charge >= 0.3 is 6.18 Å². The Morgan fingerprint density at radius 2 is 1.86 bits per heavy atom. The fourth-order valence-corrected chi connectivity index (χ4v) is 4.55. The van der Waals surface area contributed by atoms with E-state index in [1.165, 1.54) is 18.4 Å². The Morgan fingerprint density at radius 1 is 1.17 bits per heavy atom. The van der Waals surface area contributed by atoms with Crippen LogP contribution in [0.5, 0.6) is 0 Å². The maximum Gasteiger partial charge on any atom is 0.433 e. The predicted molar refractivity (Wildman–Crippen MR) is 102 cm³/mol. The maximum atomic E-state index is 13.0. The van der Waals surface area contributed by atoms with Gasteiger partial charge in [0.15, 0.2) is 18.4 Å². The van der Waals surface area contributed by atoms with Gasteiger partial charge < -0.3 is 4.90 Å². The Bertz CT molecular complexity index is 1000. The third kappa shape index (κ3) is 4.05. The summed E-state index contributed by atoms with van der Waals surface area (Å²) in [6.07, 6.45) is 1.35. The van der Waals surface area contributed by atoms with Crippen LogP contribution in [0.1, 0.15) is 34.2 Å². The summed E-state index contributed by atoms with van der Waals surface area (Å²) in [4.78, 5) is 15.7. The average molecular weight is 421 g/mol. The summed E-state index contributed by atoms with van der Waals surface area (Å²) in [7, 11) is 1.26. The highest BCUT2D eigenvalue weighted by Gasteiger charge is 2.35. The van der Waals surface area contributed by atoms with E-state index in [2.05, 4.69) is 9.67 Å². The molecule has 3 aromatic heterocycles. The molecule has 0 aliphatic carbocycles. The number of rotatable bonds is 3. The number of hydrogen-bond acceptors (Lipinski definition) is 3. The van der Waals surface area contributed by atoms with Crippen LogP contribution in [0.2, 0.25) is 0 Å². The zero-order chi connectivity index (χ0) is 20.6. The monoisotopic (exact) mass is 421 g/mol. The zero-order valence-corrected chi connectivity index (χ0v) is 16.6. The molecule has 4 rings (SSSR count). The lowest BCUT2D eigenvalue weighted by atomic mass is 10.0. The number of hydrogen-bond donors (Lipinski definition) is 0. The maximum absolute atomic E-state index is 13.0. The second kappa shape index (κ2) is 7.62. The van der Waals surface area contributed by atoms with Crippen LogP contribution in [-0.2, 0) is 13.2 Å². The van der Waals surface area contributed by atoms with Crippen LogP contribution >= 0.6 is 11.3 Å². The van der Waals surface area contributed by atoms with Crippen LogP contribution in [0.3, 0.4) is 0 Å². The van der Waals surface area contributed by atoms with Gasteiger partial charge in [0, 0.05) is 45.1 Å². The molecule has 9 heteroatoms. The van der Waals surface area contributed by atoms with Gasteiger partial charge in [-0.1, -0.05) is 6.07 Å². The zero-order valence-electron chi connectivity index (χ0n) is 15.8. The largest absolute Gasteiger partial charge is 0.433 e. The standard InChI is InChI=1S/C20H20F3N4OS/c1-25-18(20(21,22)23)13-15(24-25)16-5-6-17(29-16)19(28)27-11-7-14(8-12-27)26-9-3-2-4-10-26/h2-6,9-10,13-14H,7-8,11-12H2,1H3/q+1. The van der Waals surface area contributed by atoms with Gasteiger partial charge in [-0.2, -0.15) is 18.3 Å². The summed E-state index contributed by atoms with van der Waals surface area (Å²) in [5.74, 6) is -0.0789. The number of alkyl halides is 3. The van der Waals surface area contributed by atoms with Gasteiger partial charge in [0.2, 0.25) is 0 Å². The van der Waals surface area contributed by atoms with Crippen molar-refractivity contribution in [2.45, 2.75) is 25.1 Å². The van der Waals surface area contributed by atoms with E-state index in [4.69, 9.17) is 0 Å². The van der Waals surface area contributed by atoms with Gasteiger partial charge in [-0.05, 0) is 18.2 Å². The molecule has 1 aliphatic heterocycles. The Labute approximate surface area is 170 Å². The SMILES string of the molecule is Cn1nc(-c2ccc(C(=O)N3CCC([n+]4ccccc4)CC3)s2)cc1C(F)(F)F. The van der Waals surface area contributed by atoms with Crippen LogP contribution in [0.15, 0.2) is 48.8 Å². The first kappa shape index (κ1) is 19.6. The molecule has 0 N–H and O–H groups in total. The smallest absolute Gasteiger partial charge is 0.337 e. The Morgan fingerprint density at radius 3 is 2.48 bits per heavy atom. The van der Waals surface area contributed by atoms with Crippen molar-refractivity contribution in [1.82, 2.24) is 14.7 Å². The van der Waals surface area contributed by atoms with Crippen molar-refractivity contribution in [3.05, 3.63) is 59.4 Å². The van der Waals surface area contributed by atoms with Crippen LogP contribution in [0.25, 0.3) is 10.6 Å². The Hall–Kier alpha value is -2.68. The highest BCUT2D eigenvalue weighted by Crippen LogP contribution is 2.34. The van der Waals surface area contributed by atoms with Crippen molar-refractivity contribution in [1.29, 1.82) is 0 Å². The molecule has 3 aromatic rings. The van der Waals surface area contributed by atoms with Crippen LogP contribution in [-0.4, -0.2) is 33.7 Å². The molecule has 1 saturated heterocycles. The minimum absolute atomic E-state index is 0.0789. The molecule has 0 saturated carbocycles. The molecule has 1 amide bonds. The summed E-state index contributed by atoms with van der Waals surface area (Å²) in [5, 5.41) is 3.96. The van der Waals surface area contributed by atoms with E-state index in [1.807, 2.05) is 35.5 Å². The number of halogens is 3. The van der Waals surface area contributed by atoms with Crippen molar-refractivity contribution in [2.24, 2.45) is 7.05 Å². The number of likely N-dealkylation sites (tertiary alicyclic amines) is 1. The van der Waals surface area contributed by atoms with Crippen LogP contribution in [0, 0.1) is 0 Å². The Kier molecular flexibility index (Phi) is 5.16. The highest BCUT2D eigenvalue weighted by molar-refractivity contribution is 7.17. The summed E-state index contributed by atoms with van der Waals surface area (Å²) in [6, 6.07) is 10.7. The van der Waals surface area contributed by atoms with Crippen molar-refractivity contribution in [3.63, 3.8) is 0 Å². The third-order valence-corrected chi connectivity index (χ3v) is 6.25. The molecule has 1 aliphatic rings. The van der Waals surface area contributed by atoms with E-state index in [0.29, 0.717) is 28.9 Å². The molecular formula is C20H20F3N4OS+. The first-order valence-corrected chi connectivity index (χ1v) is 10.1. The highest BCUT2D eigenvalue weighted by atomic mass is 32.1. The van der Waals surface area contributed by atoms with Gasteiger partial charge in [-0.15, -0.1) is 11.3 Å². The predicted octanol–water partition coefficient (Wildman–Crippen LogP) is 3.93. The molecule has 29 heavy (non-hydrogen) atoms. The van der Waals surface area contributed by atoms with E-state index in [1.54, 1.807) is 12.1 Å². The van der Waals surface area contributed by atoms with Crippen molar-refractivity contribution in [3.8, 4) is 10.6 Å². The van der Waals surface area contributed by atoms with Gasteiger partial charge in [-0.25, -0.2) is 4.57 Å². The molecule has 0 radical (unpaired) electrons. The number of piperidine rings is 1. The van der Waals surface area contributed by atoms with Gasteiger partial charge in [0.05, 0.1) is 9.75 Å². The minimum atomic E-state index is -4.46. The number of amides is 1. The molecular weight excluding hydrogens is 401 g/mol. The minimum Gasteiger partial charge on any atom is -0.337 e. The fourth-order valence-electron chi connectivity index (χ4n) is 3.62. The lowest BCUT2D eigenvalue weighted by Gasteiger charge is -2.29. The van der Waals surface area contributed by atoms with Crippen molar-refractivity contribution < 1.29 is 22.5 Å². The van der Waals surface area contributed by atoms with Crippen LogP contribution < -0.4 is 4.57 Å². The lowest BCUT2D eigenvalue weighted by Crippen LogP contribution is -2.47. The average Bonchev–Trinajstić information content (AvgIpc) is 3.35. The van der Waals surface area contributed by atoms with E-state index in [9.17, 15) is 18.0 Å². The van der Waals surface area contributed by atoms with Crippen LogP contribution in [0.4, 0.5) is 13.2 Å². The molecule has 0 atom stereocenters. The molecule has 4 heterocycles. The number of aryl methyl sites for hydroxylation is 1. The number of thiophene rings is 1. The van der Waals surface area contributed by atoms with E-state index in [-0.39, 0.29) is 11.6 Å². The lowest BCUT2D eigenvalue weighted by molar-refractivity contribution is -0.725. The molecule has 152 valence electrons. The topological polar surface area (TPSA) is 42.0 Å². The first-order chi connectivity index (χ1) is 13.8. The molecule has 0 bridgehead atoms. The number of carbonyl (C=O) groups excluding carboxylic acids is 1. The molecule has 5 nitrogen and oxygen atoms in total. The molecule has 0 unspecified atom stereocenters. The third-order valence-electron chi connectivity index (χ3n) is 5.15. The molecule has 0 aromatic carbocycles. The molecule has 1 fully saturated rings. The van der Waals surface area contributed by atoms with Gasteiger partial charge in [-0.3, -0.25) is 9.48 Å². The second-order valence-corrected chi connectivity index (χ2v) is 8.13. The number of pyridine rings is 1.